The molecule has 1 heterocycles. The van der Waals surface area contributed by atoms with Crippen LogP contribution >= 0.6 is 15.9 Å². The Kier molecular flexibility index (Phi) is 3.80. The lowest BCUT2D eigenvalue weighted by molar-refractivity contribution is -0.384. The third kappa shape index (κ3) is 2.90. The second kappa shape index (κ2) is 5.36. The minimum absolute atomic E-state index is 0.0599. The van der Waals surface area contributed by atoms with Gasteiger partial charge in [-0.2, -0.15) is 0 Å². The predicted octanol–water partition coefficient (Wildman–Crippen LogP) is 4.11. The number of aryl methyl sites for hydroxylation is 1. The molecule has 0 aliphatic heterocycles. The lowest BCUT2D eigenvalue weighted by atomic mass is 10.1. The summed E-state index contributed by atoms with van der Waals surface area (Å²) < 4.78 is 0.575. The van der Waals surface area contributed by atoms with E-state index in [4.69, 9.17) is 0 Å². The molecule has 0 spiro atoms. The second-order valence-corrected chi connectivity index (χ2v) is 5.07. The number of benzene rings is 1. The highest BCUT2D eigenvalue weighted by Gasteiger charge is 2.16. The maximum absolute atomic E-state index is 11.0. The molecule has 6 heteroatoms. The van der Waals surface area contributed by atoms with Crippen LogP contribution in [0.15, 0.2) is 34.9 Å². The van der Waals surface area contributed by atoms with E-state index in [-0.39, 0.29) is 11.5 Å². The van der Waals surface area contributed by atoms with Gasteiger partial charge in [-0.3, -0.25) is 10.1 Å². The van der Waals surface area contributed by atoms with Crippen molar-refractivity contribution in [3.8, 4) is 0 Å². The van der Waals surface area contributed by atoms with E-state index >= 15 is 0 Å². The normalized spacial score (nSPS) is 10.3. The summed E-state index contributed by atoms with van der Waals surface area (Å²) >= 11 is 3.18. The van der Waals surface area contributed by atoms with Crippen LogP contribution in [0, 0.1) is 24.0 Å². The molecule has 2 rings (SSSR count). The van der Waals surface area contributed by atoms with Crippen molar-refractivity contribution in [1.29, 1.82) is 0 Å². The first-order chi connectivity index (χ1) is 8.99. The first-order valence-corrected chi connectivity index (χ1v) is 6.41. The summed E-state index contributed by atoms with van der Waals surface area (Å²) in [5, 5.41) is 14.0. The number of nitro groups is 1. The summed E-state index contributed by atoms with van der Waals surface area (Å²) in [7, 11) is 0. The van der Waals surface area contributed by atoms with Crippen LogP contribution in [-0.4, -0.2) is 9.91 Å². The summed E-state index contributed by atoms with van der Waals surface area (Å²) in [4.78, 5) is 14.6. The van der Waals surface area contributed by atoms with Gasteiger partial charge in [0.05, 0.1) is 4.92 Å². The highest BCUT2D eigenvalue weighted by atomic mass is 79.9. The summed E-state index contributed by atoms with van der Waals surface area (Å²) in [5.74, 6) is 0.238. The fourth-order valence-electron chi connectivity index (χ4n) is 1.68. The standard InChI is InChI=1S/C13H12BrN3O2/c1-8-4-3-5-11(9(8)2)16-13-12(17(18)19)6-10(14)7-15-13/h3-7H,1-2H3,(H,15,16). The highest BCUT2D eigenvalue weighted by molar-refractivity contribution is 9.10. The molecule has 1 aromatic heterocycles. The van der Waals surface area contributed by atoms with Crippen molar-refractivity contribution in [2.45, 2.75) is 13.8 Å². The maximum atomic E-state index is 11.0. The van der Waals surface area contributed by atoms with E-state index in [2.05, 4.69) is 26.2 Å². The average molecular weight is 322 g/mol. The molecule has 1 aromatic carbocycles. The fraction of sp³-hybridized carbons (Fsp3) is 0.154. The number of hydrogen-bond acceptors (Lipinski definition) is 4. The molecule has 5 nitrogen and oxygen atoms in total. The van der Waals surface area contributed by atoms with Crippen LogP contribution in [0.25, 0.3) is 0 Å². The molecule has 19 heavy (non-hydrogen) atoms. The number of nitrogens with zero attached hydrogens (tertiary/aromatic N) is 2. The van der Waals surface area contributed by atoms with Gasteiger partial charge in [-0.25, -0.2) is 4.98 Å². The zero-order valence-electron chi connectivity index (χ0n) is 10.5. The molecule has 1 N–H and O–H groups in total. The van der Waals surface area contributed by atoms with Crippen molar-refractivity contribution in [2.24, 2.45) is 0 Å². The van der Waals surface area contributed by atoms with E-state index in [0.717, 1.165) is 16.8 Å². The van der Waals surface area contributed by atoms with Gasteiger partial charge in [0, 0.05) is 22.4 Å². The van der Waals surface area contributed by atoms with Crippen LogP contribution in [0.1, 0.15) is 11.1 Å². The number of rotatable bonds is 3. The molecule has 0 aliphatic rings. The molecule has 0 radical (unpaired) electrons. The number of halogens is 1. The average Bonchev–Trinajstić information content (AvgIpc) is 2.36. The van der Waals surface area contributed by atoms with E-state index < -0.39 is 4.92 Å². The summed E-state index contributed by atoms with van der Waals surface area (Å²) in [6.45, 7) is 3.95. The first kappa shape index (κ1) is 13.5. The van der Waals surface area contributed by atoms with Crippen molar-refractivity contribution < 1.29 is 4.92 Å². The monoisotopic (exact) mass is 321 g/mol. The Labute approximate surface area is 119 Å². The first-order valence-electron chi connectivity index (χ1n) is 5.62. The third-order valence-corrected chi connectivity index (χ3v) is 3.32. The number of aromatic nitrogens is 1. The third-order valence-electron chi connectivity index (χ3n) is 2.89. The van der Waals surface area contributed by atoms with Crippen molar-refractivity contribution >= 4 is 33.1 Å². The Hall–Kier alpha value is -1.95. The van der Waals surface area contributed by atoms with Crippen LogP contribution in [0.3, 0.4) is 0 Å². The Bertz CT molecular complexity index is 644. The van der Waals surface area contributed by atoms with E-state index in [1.165, 1.54) is 12.3 Å². The van der Waals surface area contributed by atoms with Gasteiger partial charge in [-0.1, -0.05) is 12.1 Å². The van der Waals surface area contributed by atoms with Crippen molar-refractivity contribution in [3.63, 3.8) is 0 Å². The predicted molar refractivity (Wildman–Crippen MR) is 77.8 cm³/mol. The molecular weight excluding hydrogens is 310 g/mol. The van der Waals surface area contributed by atoms with Gasteiger partial charge in [-0.05, 0) is 47.0 Å². The Balaban J connectivity index is 2.44. The van der Waals surface area contributed by atoms with Gasteiger partial charge in [0.15, 0.2) is 0 Å². The van der Waals surface area contributed by atoms with Crippen LogP contribution in [-0.2, 0) is 0 Å². The number of hydrogen-bond donors (Lipinski definition) is 1. The highest BCUT2D eigenvalue weighted by Crippen LogP contribution is 2.29. The summed E-state index contributed by atoms with van der Waals surface area (Å²) in [6, 6.07) is 7.19. The smallest absolute Gasteiger partial charge is 0.312 e. The molecule has 0 saturated carbocycles. The minimum atomic E-state index is -0.453. The SMILES string of the molecule is Cc1cccc(Nc2ncc(Br)cc2[N+](=O)[O-])c1C. The van der Waals surface area contributed by atoms with Crippen molar-refractivity contribution in [3.05, 3.63) is 56.2 Å². The minimum Gasteiger partial charge on any atom is -0.334 e. The maximum Gasteiger partial charge on any atom is 0.312 e. The topological polar surface area (TPSA) is 68.1 Å². The van der Waals surface area contributed by atoms with Crippen LogP contribution in [0.4, 0.5) is 17.2 Å². The number of anilines is 2. The van der Waals surface area contributed by atoms with E-state index in [1.807, 2.05) is 32.0 Å². The zero-order chi connectivity index (χ0) is 14.0. The zero-order valence-corrected chi connectivity index (χ0v) is 12.1. The Morgan fingerprint density at radius 3 is 2.79 bits per heavy atom. The summed E-state index contributed by atoms with van der Waals surface area (Å²) in [6.07, 6.45) is 1.53. The van der Waals surface area contributed by atoms with Crippen LogP contribution in [0.5, 0.6) is 0 Å². The fourth-order valence-corrected chi connectivity index (χ4v) is 2.00. The molecular formula is C13H12BrN3O2. The van der Waals surface area contributed by atoms with Gasteiger partial charge in [-0.15, -0.1) is 0 Å². The van der Waals surface area contributed by atoms with Crippen LogP contribution < -0.4 is 5.32 Å². The molecule has 0 unspecified atom stereocenters. The second-order valence-electron chi connectivity index (χ2n) is 4.15. The van der Waals surface area contributed by atoms with E-state index in [0.29, 0.717) is 4.47 Å². The van der Waals surface area contributed by atoms with Crippen molar-refractivity contribution in [2.75, 3.05) is 5.32 Å². The lowest BCUT2D eigenvalue weighted by Crippen LogP contribution is -2.01. The van der Waals surface area contributed by atoms with Gasteiger partial charge < -0.3 is 5.32 Å². The molecule has 0 saturated heterocycles. The molecule has 0 bridgehead atoms. The van der Waals surface area contributed by atoms with E-state index in [9.17, 15) is 10.1 Å². The number of pyridine rings is 1. The largest absolute Gasteiger partial charge is 0.334 e. The molecule has 0 atom stereocenters. The molecule has 98 valence electrons. The van der Waals surface area contributed by atoms with Gasteiger partial charge in [0.25, 0.3) is 0 Å². The molecule has 0 amide bonds. The van der Waals surface area contributed by atoms with Gasteiger partial charge in [0.2, 0.25) is 5.82 Å². The van der Waals surface area contributed by atoms with Crippen molar-refractivity contribution in [1.82, 2.24) is 4.98 Å². The summed E-state index contributed by atoms with van der Waals surface area (Å²) in [5.41, 5.74) is 2.92. The molecule has 2 aromatic rings. The molecule has 0 fully saturated rings. The van der Waals surface area contributed by atoms with E-state index in [1.54, 1.807) is 0 Å². The Morgan fingerprint density at radius 1 is 1.37 bits per heavy atom. The quantitative estimate of drug-likeness (QED) is 0.682. The lowest BCUT2D eigenvalue weighted by Gasteiger charge is -2.10. The van der Waals surface area contributed by atoms with Gasteiger partial charge >= 0.3 is 5.69 Å². The van der Waals surface area contributed by atoms with Crippen LogP contribution in [0.2, 0.25) is 0 Å². The Morgan fingerprint density at radius 2 is 2.11 bits per heavy atom. The van der Waals surface area contributed by atoms with Gasteiger partial charge in [0.1, 0.15) is 0 Å². The molecule has 0 aliphatic carbocycles. The number of nitrogens with one attached hydrogen (secondary N) is 1.